The molecule has 2 atom stereocenters. The monoisotopic (exact) mass is 553 g/mol. The zero-order valence-electron chi connectivity index (χ0n) is 20.0. The largest absolute Gasteiger partial charge is 0.371 e. The molecule has 190 valence electrons. The third kappa shape index (κ3) is 6.36. The third-order valence-electron chi connectivity index (χ3n) is 6.48. The normalized spacial score (nSPS) is 17.2. The molecule has 1 N–H and O–H groups in total. The van der Waals surface area contributed by atoms with Gasteiger partial charge in [0.25, 0.3) is 0 Å². The molecule has 0 spiro atoms. The number of carbonyl (C=O) groups excluding carboxylic acids is 1. The van der Waals surface area contributed by atoms with Gasteiger partial charge in [-0.05, 0) is 67.3 Å². The smallest absolute Gasteiger partial charge is 0.226 e. The first-order valence-electron chi connectivity index (χ1n) is 12.2. The highest BCUT2D eigenvalue weighted by atomic mass is 35.5. The van der Waals surface area contributed by atoms with Crippen molar-refractivity contribution < 1.29 is 9.53 Å². The van der Waals surface area contributed by atoms with Gasteiger partial charge in [0, 0.05) is 27.5 Å². The molecule has 8 heteroatoms. The Morgan fingerprint density at radius 3 is 2.49 bits per heavy atom. The van der Waals surface area contributed by atoms with E-state index in [0.717, 1.165) is 36.1 Å². The van der Waals surface area contributed by atoms with Crippen LogP contribution in [-0.4, -0.2) is 27.6 Å². The predicted molar refractivity (Wildman–Crippen MR) is 149 cm³/mol. The Morgan fingerprint density at radius 2 is 1.73 bits per heavy atom. The lowest BCUT2D eigenvalue weighted by molar-refractivity contribution is -0.122. The summed E-state index contributed by atoms with van der Waals surface area (Å²) in [7, 11) is 0. The van der Waals surface area contributed by atoms with Gasteiger partial charge in [-0.15, -0.1) is 0 Å². The Balaban J connectivity index is 1.32. The first-order valence-corrected chi connectivity index (χ1v) is 13.3. The van der Waals surface area contributed by atoms with Gasteiger partial charge in [0.2, 0.25) is 5.91 Å². The van der Waals surface area contributed by atoms with Gasteiger partial charge in [-0.2, -0.15) is 0 Å². The SMILES string of the molecule is O=C(Cc1cn(-c2ccc(Cl)cc2)c(-c2ccc(Cl)cc2Cl)n1)N[C@H]1CCC[C@@H]1OCc1ccccc1. The second-order valence-electron chi connectivity index (χ2n) is 9.14. The van der Waals surface area contributed by atoms with E-state index < -0.39 is 0 Å². The van der Waals surface area contributed by atoms with E-state index in [2.05, 4.69) is 5.32 Å². The number of ether oxygens (including phenoxy) is 1. The summed E-state index contributed by atoms with van der Waals surface area (Å²) in [4.78, 5) is 17.9. The van der Waals surface area contributed by atoms with Crippen LogP contribution < -0.4 is 5.32 Å². The molecule has 0 saturated heterocycles. The summed E-state index contributed by atoms with van der Waals surface area (Å²) in [6.07, 6.45) is 4.86. The fourth-order valence-corrected chi connectivity index (χ4v) is 5.28. The minimum absolute atomic E-state index is 0.000726. The Hall–Kier alpha value is -2.83. The van der Waals surface area contributed by atoms with Crippen molar-refractivity contribution in [1.29, 1.82) is 0 Å². The lowest BCUT2D eigenvalue weighted by Gasteiger charge is -2.21. The number of carbonyl (C=O) groups is 1. The van der Waals surface area contributed by atoms with Crippen LogP contribution in [0.15, 0.2) is 79.0 Å². The van der Waals surface area contributed by atoms with E-state index in [-0.39, 0.29) is 24.5 Å². The molecule has 1 amide bonds. The lowest BCUT2D eigenvalue weighted by Crippen LogP contribution is -2.41. The van der Waals surface area contributed by atoms with Crippen LogP contribution in [0.4, 0.5) is 0 Å². The Bertz CT molecular complexity index is 1370. The first kappa shape index (κ1) is 25.8. The first-order chi connectivity index (χ1) is 18.0. The van der Waals surface area contributed by atoms with Gasteiger partial charge in [-0.25, -0.2) is 4.98 Å². The molecule has 1 saturated carbocycles. The fraction of sp³-hybridized carbons (Fsp3) is 0.241. The van der Waals surface area contributed by atoms with E-state index >= 15 is 0 Å². The second-order valence-corrected chi connectivity index (χ2v) is 10.4. The molecular weight excluding hydrogens is 529 g/mol. The molecule has 0 unspecified atom stereocenters. The summed E-state index contributed by atoms with van der Waals surface area (Å²) in [5.41, 5.74) is 3.33. The quantitative estimate of drug-likeness (QED) is 0.249. The zero-order chi connectivity index (χ0) is 25.8. The van der Waals surface area contributed by atoms with Crippen LogP contribution in [0.1, 0.15) is 30.5 Å². The summed E-state index contributed by atoms with van der Waals surface area (Å²) in [6, 6.07) is 22.8. The van der Waals surface area contributed by atoms with Gasteiger partial charge < -0.3 is 10.1 Å². The number of amides is 1. The van der Waals surface area contributed by atoms with Crippen LogP contribution in [0.25, 0.3) is 17.1 Å². The Labute approximate surface area is 231 Å². The molecule has 4 aromatic rings. The van der Waals surface area contributed by atoms with Gasteiger partial charge >= 0.3 is 0 Å². The molecular formula is C29H26Cl3N3O2. The second kappa shape index (κ2) is 11.7. The van der Waals surface area contributed by atoms with Gasteiger partial charge in [0.1, 0.15) is 5.82 Å². The van der Waals surface area contributed by atoms with E-state index in [9.17, 15) is 4.79 Å². The number of imidazole rings is 1. The lowest BCUT2D eigenvalue weighted by atomic mass is 10.2. The number of hydrogen-bond donors (Lipinski definition) is 1. The third-order valence-corrected chi connectivity index (χ3v) is 7.28. The van der Waals surface area contributed by atoms with Crippen LogP contribution in [0.2, 0.25) is 15.1 Å². The van der Waals surface area contributed by atoms with Crippen LogP contribution >= 0.6 is 34.8 Å². The van der Waals surface area contributed by atoms with Gasteiger partial charge in [0.05, 0.1) is 35.9 Å². The van der Waals surface area contributed by atoms with Gasteiger partial charge in [-0.3, -0.25) is 9.36 Å². The Kier molecular flexibility index (Phi) is 8.16. The van der Waals surface area contributed by atoms with Crippen molar-refractivity contribution in [2.75, 3.05) is 0 Å². The van der Waals surface area contributed by atoms with Crippen molar-refractivity contribution in [3.05, 3.63) is 105 Å². The van der Waals surface area contributed by atoms with E-state index in [4.69, 9.17) is 44.5 Å². The highest BCUT2D eigenvalue weighted by molar-refractivity contribution is 6.36. The van der Waals surface area contributed by atoms with Crippen LogP contribution in [0.3, 0.4) is 0 Å². The minimum atomic E-state index is -0.0882. The molecule has 1 fully saturated rings. The molecule has 0 bridgehead atoms. The van der Waals surface area contributed by atoms with Crippen molar-refractivity contribution in [2.24, 2.45) is 0 Å². The maximum absolute atomic E-state index is 13.1. The summed E-state index contributed by atoms with van der Waals surface area (Å²) >= 11 is 18.7. The molecule has 1 aliphatic rings. The molecule has 37 heavy (non-hydrogen) atoms. The molecule has 0 radical (unpaired) electrons. The number of rotatable bonds is 8. The van der Waals surface area contributed by atoms with E-state index in [0.29, 0.717) is 33.2 Å². The molecule has 3 aromatic carbocycles. The zero-order valence-corrected chi connectivity index (χ0v) is 22.3. The maximum Gasteiger partial charge on any atom is 0.226 e. The maximum atomic E-state index is 13.1. The molecule has 1 heterocycles. The van der Waals surface area contributed by atoms with Crippen LogP contribution in [-0.2, 0) is 22.6 Å². The van der Waals surface area contributed by atoms with Crippen molar-refractivity contribution >= 4 is 40.7 Å². The Morgan fingerprint density at radius 1 is 0.973 bits per heavy atom. The van der Waals surface area contributed by atoms with E-state index in [1.165, 1.54) is 0 Å². The number of hydrogen-bond acceptors (Lipinski definition) is 3. The number of halogens is 3. The predicted octanol–water partition coefficient (Wildman–Crippen LogP) is 7.30. The summed E-state index contributed by atoms with van der Waals surface area (Å²) < 4.78 is 8.07. The average Bonchev–Trinajstić information content (AvgIpc) is 3.50. The minimum Gasteiger partial charge on any atom is -0.371 e. The molecule has 1 aliphatic carbocycles. The number of nitrogens with zero attached hydrogens (tertiary/aromatic N) is 2. The molecule has 1 aromatic heterocycles. The van der Waals surface area contributed by atoms with E-state index in [1.54, 1.807) is 12.1 Å². The van der Waals surface area contributed by atoms with Crippen molar-refractivity contribution in [2.45, 2.75) is 44.4 Å². The van der Waals surface area contributed by atoms with Gasteiger partial charge in [-0.1, -0.05) is 65.1 Å². The summed E-state index contributed by atoms with van der Waals surface area (Å²) in [6.45, 7) is 0.536. The fourth-order valence-electron chi connectivity index (χ4n) is 4.66. The molecule has 5 rings (SSSR count). The molecule has 0 aliphatic heterocycles. The van der Waals surface area contributed by atoms with Crippen molar-refractivity contribution in [3.63, 3.8) is 0 Å². The summed E-state index contributed by atoms with van der Waals surface area (Å²) in [5, 5.41) is 4.83. The standard InChI is InChI=1S/C29H26Cl3N3O2/c30-20-9-12-23(13-10-20)35-17-22(33-29(35)24-14-11-21(31)15-25(24)32)16-28(36)34-26-7-4-8-27(26)37-18-19-5-2-1-3-6-19/h1-3,5-6,9-15,17,26-27H,4,7-8,16,18H2,(H,34,36)/t26-,27-/m0/s1. The van der Waals surface area contributed by atoms with Gasteiger partial charge in [0.15, 0.2) is 0 Å². The number of benzene rings is 3. The number of nitrogens with one attached hydrogen (secondary N) is 1. The summed E-state index contributed by atoms with van der Waals surface area (Å²) in [5.74, 6) is 0.534. The highest BCUT2D eigenvalue weighted by Gasteiger charge is 2.29. The van der Waals surface area contributed by atoms with Crippen LogP contribution in [0, 0.1) is 0 Å². The highest BCUT2D eigenvalue weighted by Crippen LogP contribution is 2.32. The number of aromatic nitrogens is 2. The van der Waals surface area contributed by atoms with E-state index in [1.807, 2.05) is 71.4 Å². The van der Waals surface area contributed by atoms with Crippen molar-refractivity contribution in [3.8, 4) is 17.1 Å². The van der Waals surface area contributed by atoms with Crippen molar-refractivity contribution in [1.82, 2.24) is 14.9 Å². The topological polar surface area (TPSA) is 56.2 Å². The van der Waals surface area contributed by atoms with Crippen LogP contribution in [0.5, 0.6) is 0 Å². The average molecular weight is 555 g/mol. The molecule has 5 nitrogen and oxygen atoms in total.